The van der Waals surface area contributed by atoms with Crippen LogP contribution in [-0.4, -0.2) is 10.9 Å². The van der Waals surface area contributed by atoms with Crippen molar-refractivity contribution in [2.45, 2.75) is 53.4 Å². The van der Waals surface area contributed by atoms with Gasteiger partial charge in [0.15, 0.2) is 5.78 Å². The molecule has 0 saturated heterocycles. The smallest absolute Gasteiger partial charge is 0.189 e. The molecule has 2 aromatic carbocycles. The van der Waals surface area contributed by atoms with E-state index in [-0.39, 0.29) is 23.5 Å². The Morgan fingerprint density at radius 3 is 2.06 bits per heavy atom. The average Bonchev–Trinajstić information content (AvgIpc) is 2.90. The molecular formula is C33H36O2. The fourth-order valence-corrected chi connectivity index (χ4v) is 5.09. The van der Waals surface area contributed by atoms with Crippen molar-refractivity contribution in [1.82, 2.24) is 0 Å². The summed E-state index contributed by atoms with van der Waals surface area (Å²) < 4.78 is 0. The van der Waals surface area contributed by atoms with Crippen molar-refractivity contribution in [1.29, 1.82) is 0 Å². The van der Waals surface area contributed by atoms with E-state index >= 15 is 0 Å². The lowest BCUT2D eigenvalue weighted by Crippen LogP contribution is -2.23. The maximum atomic E-state index is 14.1. The van der Waals surface area contributed by atoms with Gasteiger partial charge in [0.25, 0.3) is 0 Å². The number of carbonyl (C=O) groups excluding carboxylic acids is 1. The minimum absolute atomic E-state index is 0.0801. The number of hydrogen-bond acceptors (Lipinski definition) is 2. The number of rotatable bonds is 6. The van der Waals surface area contributed by atoms with E-state index in [2.05, 4.69) is 70.2 Å². The number of benzene rings is 2. The van der Waals surface area contributed by atoms with E-state index < -0.39 is 0 Å². The summed E-state index contributed by atoms with van der Waals surface area (Å²) in [6, 6.07) is 20.6. The molecule has 0 radical (unpaired) electrons. The van der Waals surface area contributed by atoms with Gasteiger partial charge in [-0.3, -0.25) is 4.79 Å². The largest absolute Gasteiger partial charge is 0.507 e. The van der Waals surface area contributed by atoms with E-state index in [1.807, 2.05) is 43.3 Å². The van der Waals surface area contributed by atoms with Crippen LogP contribution in [0, 0.1) is 11.8 Å². The van der Waals surface area contributed by atoms with Gasteiger partial charge in [-0.05, 0) is 71.6 Å². The Kier molecular flexibility index (Phi) is 7.40. The van der Waals surface area contributed by atoms with Gasteiger partial charge in [-0.2, -0.15) is 0 Å². The van der Waals surface area contributed by atoms with E-state index in [0.717, 1.165) is 51.8 Å². The summed E-state index contributed by atoms with van der Waals surface area (Å²) in [4.78, 5) is 14.1. The fourth-order valence-electron chi connectivity index (χ4n) is 5.09. The monoisotopic (exact) mass is 464 g/mol. The Balaban J connectivity index is 2.06. The molecule has 4 rings (SSSR count). The number of ketones is 1. The van der Waals surface area contributed by atoms with Crippen molar-refractivity contribution < 1.29 is 9.90 Å². The lowest BCUT2D eigenvalue weighted by Gasteiger charge is -2.33. The van der Waals surface area contributed by atoms with E-state index in [0.29, 0.717) is 11.3 Å². The van der Waals surface area contributed by atoms with Gasteiger partial charge in [-0.25, -0.2) is 0 Å². The highest BCUT2D eigenvalue weighted by molar-refractivity contribution is 6.16. The van der Waals surface area contributed by atoms with Crippen molar-refractivity contribution >= 4 is 11.4 Å². The molecule has 35 heavy (non-hydrogen) atoms. The molecule has 0 fully saturated rings. The maximum Gasteiger partial charge on any atom is 0.189 e. The Labute approximate surface area is 210 Å². The lowest BCUT2D eigenvalue weighted by atomic mass is 9.71. The van der Waals surface area contributed by atoms with Crippen molar-refractivity contribution in [3.8, 4) is 0 Å². The summed E-state index contributed by atoms with van der Waals surface area (Å²) in [5.41, 5.74) is 7.54. The fraction of sp³-hybridized carbons (Fsp3) is 0.303. The molecule has 3 unspecified atom stereocenters. The van der Waals surface area contributed by atoms with Crippen molar-refractivity contribution in [3.63, 3.8) is 0 Å². The molecule has 2 aliphatic rings. The highest BCUT2D eigenvalue weighted by Gasteiger charge is 2.35. The van der Waals surface area contributed by atoms with Crippen molar-refractivity contribution in [2.75, 3.05) is 0 Å². The van der Waals surface area contributed by atoms with Crippen LogP contribution in [0.3, 0.4) is 0 Å². The minimum atomic E-state index is -0.0976. The van der Waals surface area contributed by atoms with Crippen LogP contribution < -0.4 is 0 Å². The van der Waals surface area contributed by atoms with E-state index in [4.69, 9.17) is 0 Å². The third-order valence-electron chi connectivity index (χ3n) is 7.57. The van der Waals surface area contributed by atoms with Crippen LogP contribution in [0.15, 0.2) is 113 Å². The van der Waals surface area contributed by atoms with Gasteiger partial charge in [0.1, 0.15) is 5.76 Å². The Hall–Kier alpha value is -3.39. The van der Waals surface area contributed by atoms with Crippen molar-refractivity contribution in [2.24, 2.45) is 11.8 Å². The Bertz CT molecular complexity index is 1250. The van der Waals surface area contributed by atoms with Gasteiger partial charge in [0, 0.05) is 22.6 Å². The second-order valence-electron chi connectivity index (χ2n) is 9.84. The van der Waals surface area contributed by atoms with Gasteiger partial charge in [0.05, 0.1) is 0 Å². The third-order valence-corrected chi connectivity index (χ3v) is 7.57. The average molecular weight is 465 g/mol. The van der Waals surface area contributed by atoms with E-state index in [1.165, 1.54) is 0 Å². The van der Waals surface area contributed by atoms with E-state index in [9.17, 15) is 9.90 Å². The summed E-state index contributed by atoms with van der Waals surface area (Å²) in [6.45, 7) is 10.5. The van der Waals surface area contributed by atoms with Crippen LogP contribution in [-0.2, 0) is 4.79 Å². The van der Waals surface area contributed by atoms with Crippen LogP contribution in [0.2, 0.25) is 0 Å². The zero-order chi connectivity index (χ0) is 25.1. The van der Waals surface area contributed by atoms with E-state index in [1.54, 1.807) is 0 Å². The summed E-state index contributed by atoms with van der Waals surface area (Å²) in [7, 11) is 0. The molecule has 0 amide bonds. The molecule has 1 N–H and O–H groups in total. The zero-order valence-corrected chi connectivity index (χ0v) is 21.5. The molecule has 2 nitrogen and oxygen atoms in total. The van der Waals surface area contributed by atoms with Gasteiger partial charge in [-0.15, -0.1) is 0 Å². The van der Waals surface area contributed by atoms with Crippen molar-refractivity contribution in [3.05, 3.63) is 124 Å². The summed E-state index contributed by atoms with van der Waals surface area (Å²) in [5.74, 6) is 0.560. The molecule has 2 aliphatic carbocycles. The number of allylic oxidation sites excluding steroid dienone is 9. The third kappa shape index (κ3) is 4.75. The molecule has 180 valence electrons. The highest BCUT2D eigenvalue weighted by atomic mass is 16.3. The first-order valence-corrected chi connectivity index (χ1v) is 12.8. The first-order valence-electron chi connectivity index (χ1n) is 12.8. The van der Waals surface area contributed by atoms with Crippen LogP contribution in [0.25, 0.3) is 5.57 Å². The van der Waals surface area contributed by atoms with Crippen LogP contribution in [0.4, 0.5) is 0 Å². The number of aliphatic hydroxyl groups excluding tert-OH is 1. The molecule has 0 spiro atoms. The quantitative estimate of drug-likeness (QED) is 0.435. The predicted octanol–water partition coefficient (Wildman–Crippen LogP) is 8.52. The second-order valence-corrected chi connectivity index (χ2v) is 9.84. The molecule has 0 aliphatic heterocycles. The normalized spacial score (nSPS) is 22.4. The predicted molar refractivity (Wildman–Crippen MR) is 146 cm³/mol. The van der Waals surface area contributed by atoms with Crippen LogP contribution in [0.1, 0.15) is 64.5 Å². The highest BCUT2D eigenvalue weighted by Crippen LogP contribution is 2.46. The van der Waals surface area contributed by atoms with Crippen LogP contribution >= 0.6 is 0 Å². The Morgan fingerprint density at radius 1 is 0.857 bits per heavy atom. The number of hydrogen-bond donors (Lipinski definition) is 1. The molecule has 2 heteroatoms. The minimum Gasteiger partial charge on any atom is -0.507 e. The zero-order valence-electron chi connectivity index (χ0n) is 21.5. The summed E-state index contributed by atoms with van der Waals surface area (Å²) in [6.07, 6.45) is 8.01. The molecule has 0 bridgehead atoms. The van der Waals surface area contributed by atoms with Gasteiger partial charge in [0.2, 0.25) is 0 Å². The molecular weight excluding hydrogens is 428 g/mol. The molecule has 0 saturated carbocycles. The molecule has 0 aromatic heterocycles. The standard InChI is InChI=1S/C33H36O2/c1-6-21(3)27-19-26(24-14-10-8-11-15-24)20-29(33(27)35)31-28(25-16-12-9-13-17-25)18-23(5)32(34)30(31)22(4)7-2/h8-22,28,34H,6-7H2,1-5H3. The number of carbonyl (C=O) groups is 1. The SMILES string of the molecule is CCC(C)C1=CC(c2ccccc2)=CC(=C2C(C(C)CC)=C(O)C(C)=CC2c2ccccc2)C1=O. The first kappa shape index (κ1) is 24.7. The molecule has 3 atom stereocenters. The van der Waals surface area contributed by atoms with Gasteiger partial charge < -0.3 is 5.11 Å². The second kappa shape index (κ2) is 10.5. The number of Topliss-reactive ketones (excluding diaryl/α,β-unsaturated/α-hetero) is 1. The molecule has 0 heterocycles. The number of aliphatic hydroxyl groups is 1. The Morgan fingerprint density at radius 2 is 1.46 bits per heavy atom. The topological polar surface area (TPSA) is 37.3 Å². The maximum absolute atomic E-state index is 14.1. The molecule has 2 aromatic rings. The summed E-state index contributed by atoms with van der Waals surface area (Å²) >= 11 is 0. The summed E-state index contributed by atoms with van der Waals surface area (Å²) in [5, 5.41) is 11.3. The first-order chi connectivity index (χ1) is 16.9. The lowest BCUT2D eigenvalue weighted by molar-refractivity contribution is -0.112. The van der Waals surface area contributed by atoms with Crippen LogP contribution in [0.5, 0.6) is 0 Å². The van der Waals surface area contributed by atoms with Gasteiger partial charge in [-0.1, -0.05) is 94.4 Å². The van der Waals surface area contributed by atoms with Gasteiger partial charge >= 0.3 is 0 Å².